The standard InChI is InChI=1S/C17H20N2S/c1-14-4-5-15-7-10-19(17(15)13-14)11-9-18-8-6-16-3-2-12-20-16/h2-5,7,10,12-13,18H,6,8-9,11H2,1H3. The van der Waals surface area contributed by atoms with Crippen LogP contribution in [0.1, 0.15) is 10.4 Å². The zero-order valence-corrected chi connectivity index (χ0v) is 12.6. The van der Waals surface area contributed by atoms with Crippen molar-refractivity contribution in [3.05, 3.63) is 58.4 Å². The van der Waals surface area contributed by atoms with E-state index < -0.39 is 0 Å². The third-order valence-electron chi connectivity index (χ3n) is 3.59. The maximum absolute atomic E-state index is 3.53. The highest BCUT2D eigenvalue weighted by molar-refractivity contribution is 7.09. The van der Waals surface area contributed by atoms with Crippen molar-refractivity contribution in [2.45, 2.75) is 19.9 Å². The average Bonchev–Trinajstić information content (AvgIpc) is 3.08. The molecule has 0 aliphatic heterocycles. The van der Waals surface area contributed by atoms with Crippen LogP contribution >= 0.6 is 11.3 Å². The van der Waals surface area contributed by atoms with E-state index in [2.05, 4.69) is 64.8 Å². The lowest BCUT2D eigenvalue weighted by atomic mass is 10.2. The summed E-state index contributed by atoms with van der Waals surface area (Å²) in [6.07, 6.45) is 3.31. The van der Waals surface area contributed by atoms with Crippen LogP contribution in [0.3, 0.4) is 0 Å². The molecule has 3 heteroatoms. The highest BCUT2D eigenvalue weighted by Gasteiger charge is 2.00. The van der Waals surface area contributed by atoms with E-state index >= 15 is 0 Å². The second-order valence-corrected chi connectivity index (χ2v) is 6.18. The Morgan fingerprint density at radius 3 is 2.95 bits per heavy atom. The van der Waals surface area contributed by atoms with Gasteiger partial charge in [-0.05, 0) is 47.9 Å². The van der Waals surface area contributed by atoms with Gasteiger partial charge in [-0.25, -0.2) is 0 Å². The Morgan fingerprint density at radius 2 is 2.10 bits per heavy atom. The van der Waals surface area contributed by atoms with Crippen LogP contribution in [0.2, 0.25) is 0 Å². The van der Waals surface area contributed by atoms with E-state index in [9.17, 15) is 0 Å². The zero-order valence-electron chi connectivity index (χ0n) is 11.8. The summed E-state index contributed by atoms with van der Waals surface area (Å²) >= 11 is 1.84. The molecule has 0 aliphatic rings. The molecule has 0 saturated heterocycles. The van der Waals surface area contributed by atoms with Crippen LogP contribution in [0.15, 0.2) is 48.0 Å². The topological polar surface area (TPSA) is 17.0 Å². The maximum Gasteiger partial charge on any atom is 0.0483 e. The molecule has 20 heavy (non-hydrogen) atoms. The van der Waals surface area contributed by atoms with E-state index in [0.29, 0.717) is 0 Å². The lowest BCUT2D eigenvalue weighted by molar-refractivity contribution is 0.611. The summed E-state index contributed by atoms with van der Waals surface area (Å²) in [4.78, 5) is 1.46. The molecule has 0 atom stereocenters. The van der Waals surface area contributed by atoms with Gasteiger partial charge in [0, 0.05) is 36.2 Å². The van der Waals surface area contributed by atoms with Gasteiger partial charge in [0.15, 0.2) is 0 Å². The molecule has 0 spiro atoms. The Bertz CT molecular complexity index is 667. The Balaban J connectivity index is 1.51. The number of fused-ring (bicyclic) bond motifs is 1. The minimum absolute atomic E-state index is 1.02. The van der Waals surface area contributed by atoms with Gasteiger partial charge >= 0.3 is 0 Å². The second kappa shape index (κ2) is 6.25. The summed E-state index contributed by atoms with van der Waals surface area (Å²) in [6.45, 7) is 5.25. The first kappa shape index (κ1) is 13.4. The molecule has 2 nitrogen and oxygen atoms in total. The number of rotatable bonds is 6. The van der Waals surface area contributed by atoms with E-state index in [1.165, 1.54) is 21.3 Å². The third-order valence-corrected chi connectivity index (χ3v) is 4.52. The monoisotopic (exact) mass is 284 g/mol. The van der Waals surface area contributed by atoms with E-state index in [4.69, 9.17) is 0 Å². The predicted octanol–water partition coefficient (Wildman–Crippen LogP) is 3.84. The fourth-order valence-electron chi connectivity index (χ4n) is 2.48. The Hall–Kier alpha value is -1.58. The van der Waals surface area contributed by atoms with Gasteiger partial charge in [0.2, 0.25) is 0 Å². The highest BCUT2D eigenvalue weighted by Crippen LogP contribution is 2.17. The van der Waals surface area contributed by atoms with Gasteiger partial charge in [0.25, 0.3) is 0 Å². The van der Waals surface area contributed by atoms with Crippen molar-refractivity contribution in [1.82, 2.24) is 9.88 Å². The molecule has 0 aliphatic carbocycles. The van der Waals surface area contributed by atoms with Crippen LogP contribution in [0.4, 0.5) is 0 Å². The lowest BCUT2D eigenvalue weighted by Crippen LogP contribution is -2.21. The van der Waals surface area contributed by atoms with Gasteiger partial charge in [-0.2, -0.15) is 0 Å². The van der Waals surface area contributed by atoms with Crippen LogP contribution in [-0.2, 0) is 13.0 Å². The van der Waals surface area contributed by atoms with Gasteiger partial charge in [0.05, 0.1) is 0 Å². The van der Waals surface area contributed by atoms with E-state index in [0.717, 1.165) is 26.1 Å². The molecule has 3 rings (SSSR count). The summed E-state index contributed by atoms with van der Waals surface area (Å²) in [5.74, 6) is 0. The van der Waals surface area contributed by atoms with Crippen molar-refractivity contribution in [2.75, 3.05) is 13.1 Å². The molecule has 0 unspecified atom stereocenters. The van der Waals surface area contributed by atoms with Gasteiger partial charge in [0.1, 0.15) is 0 Å². The predicted molar refractivity (Wildman–Crippen MR) is 87.6 cm³/mol. The van der Waals surface area contributed by atoms with Crippen molar-refractivity contribution < 1.29 is 0 Å². The maximum atomic E-state index is 3.53. The van der Waals surface area contributed by atoms with Crippen molar-refractivity contribution in [3.63, 3.8) is 0 Å². The molecule has 3 aromatic rings. The molecule has 1 N–H and O–H groups in total. The number of nitrogens with zero attached hydrogens (tertiary/aromatic N) is 1. The van der Waals surface area contributed by atoms with Gasteiger partial charge in [-0.3, -0.25) is 0 Å². The summed E-state index contributed by atoms with van der Waals surface area (Å²) in [6, 6.07) is 13.2. The van der Waals surface area contributed by atoms with Crippen molar-refractivity contribution >= 4 is 22.2 Å². The third kappa shape index (κ3) is 3.11. The molecule has 0 radical (unpaired) electrons. The second-order valence-electron chi connectivity index (χ2n) is 5.15. The van der Waals surface area contributed by atoms with Gasteiger partial charge < -0.3 is 9.88 Å². The fraction of sp³-hybridized carbons (Fsp3) is 0.294. The Kier molecular flexibility index (Phi) is 4.19. The van der Waals surface area contributed by atoms with E-state index in [1.807, 2.05) is 11.3 Å². The quantitative estimate of drug-likeness (QED) is 0.680. The number of benzene rings is 1. The molecule has 2 heterocycles. The first-order valence-electron chi connectivity index (χ1n) is 7.11. The summed E-state index contributed by atoms with van der Waals surface area (Å²) < 4.78 is 2.33. The van der Waals surface area contributed by atoms with Gasteiger partial charge in [-0.15, -0.1) is 11.3 Å². The van der Waals surface area contributed by atoms with Gasteiger partial charge in [-0.1, -0.05) is 18.2 Å². The summed E-state index contributed by atoms with van der Waals surface area (Å²) in [5.41, 5.74) is 2.66. The number of thiophene rings is 1. The largest absolute Gasteiger partial charge is 0.346 e. The molecule has 104 valence electrons. The number of hydrogen-bond acceptors (Lipinski definition) is 2. The molecule has 0 amide bonds. The highest BCUT2D eigenvalue weighted by atomic mass is 32.1. The Labute approximate surface area is 124 Å². The first-order chi connectivity index (χ1) is 9.83. The minimum atomic E-state index is 1.02. The van der Waals surface area contributed by atoms with E-state index in [-0.39, 0.29) is 0 Å². The SMILES string of the molecule is Cc1ccc2ccn(CCNCCc3cccs3)c2c1. The number of aromatic nitrogens is 1. The van der Waals surface area contributed by atoms with Crippen molar-refractivity contribution in [3.8, 4) is 0 Å². The van der Waals surface area contributed by atoms with Crippen molar-refractivity contribution in [2.24, 2.45) is 0 Å². The Morgan fingerprint density at radius 1 is 1.15 bits per heavy atom. The average molecular weight is 284 g/mol. The molecule has 1 aromatic carbocycles. The lowest BCUT2D eigenvalue weighted by Gasteiger charge is -2.07. The van der Waals surface area contributed by atoms with Crippen LogP contribution in [-0.4, -0.2) is 17.7 Å². The fourth-order valence-corrected chi connectivity index (χ4v) is 3.19. The molecule has 0 fully saturated rings. The van der Waals surface area contributed by atoms with Crippen LogP contribution < -0.4 is 5.32 Å². The zero-order chi connectivity index (χ0) is 13.8. The molecular weight excluding hydrogens is 264 g/mol. The van der Waals surface area contributed by atoms with Crippen LogP contribution in [0.5, 0.6) is 0 Å². The first-order valence-corrected chi connectivity index (χ1v) is 7.99. The van der Waals surface area contributed by atoms with E-state index in [1.54, 1.807) is 0 Å². The number of aryl methyl sites for hydroxylation is 1. The van der Waals surface area contributed by atoms with Crippen LogP contribution in [0, 0.1) is 6.92 Å². The number of nitrogens with one attached hydrogen (secondary N) is 1. The molecule has 2 aromatic heterocycles. The normalized spacial score (nSPS) is 11.2. The van der Waals surface area contributed by atoms with Crippen molar-refractivity contribution in [1.29, 1.82) is 0 Å². The minimum Gasteiger partial charge on any atom is -0.346 e. The van der Waals surface area contributed by atoms with Crippen LogP contribution in [0.25, 0.3) is 10.9 Å². The molecule has 0 bridgehead atoms. The summed E-state index contributed by atoms with van der Waals surface area (Å²) in [7, 11) is 0. The smallest absolute Gasteiger partial charge is 0.0483 e. The summed E-state index contributed by atoms with van der Waals surface area (Å²) in [5, 5.41) is 7.00. The molecule has 0 saturated carbocycles. The number of hydrogen-bond donors (Lipinski definition) is 1. The molecular formula is C17H20N2S.